The summed E-state index contributed by atoms with van der Waals surface area (Å²) in [6.45, 7) is 0.209. The van der Waals surface area contributed by atoms with E-state index in [0.717, 1.165) is 5.56 Å². The fourth-order valence-corrected chi connectivity index (χ4v) is 3.25. The lowest BCUT2D eigenvalue weighted by atomic mass is 10.1. The van der Waals surface area contributed by atoms with Gasteiger partial charge in [-0.2, -0.15) is 0 Å². The highest BCUT2D eigenvalue weighted by molar-refractivity contribution is 6.32. The molecule has 2 atom stereocenters. The number of aliphatic hydroxyl groups is 2. The maximum atomic E-state index is 11.5. The molecule has 2 aromatic carbocycles. The zero-order chi connectivity index (χ0) is 23.6. The van der Waals surface area contributed by atoms with Crippen molar-refractivity contribution in [2.45, 2.75) is 18.6 Å². The van der Waals surface area contributed by atoms with Crippen LogP contribution >= 0.6 is 11.6 Å². The minimum absolute atomic E-state index is 0.0712. The van der Waals surface area contributed by atoms with E-state index >= 15 is 0 Å². The van der Waals surface area contributed by atoms with Crippen molar-refractivity contribution >= 4 is 17.5 Å². The van der Waals surface area contributed by atoms with E-state index in [9.17, 15) is 15.0 Å². The van der Waals surface area contributed by atoms with Crippen LogP contribution in [0.5, 0.6) is 17.4 Å². The summed E-state index contributed by atoms with van der Waals surface area (Å²) < 4.78 is 11.2. The minimum atomic E-state index is -0.774. The Bertz CT molecular complexity index is 1050. The van der Waals surface area contributed by atoms with Crippen molar-refractivity contribution in [2.24, 2.45) is 5.73 Å². The van der Waals surface area contributed by atoms with E-state index in [2.05, 4.69) is 10.3 Å². The molecule has 3 rings (SSSR count). The zero-order valence-electron chi connectivity index (χ0n) is 17.9. The quantitative estimate of drug-likeness (QED) is 0.319. The van der Waals surface area contributed by atoms with Crippen molar-refractivity contribution in [3.63, 3.8) is 0 Å². The number of hydrogen-bond acceptors (Lipinski definition) is 7. The fraction of sp³-hybridized carbons (Fsp3) is 0.250. The summed E-state index contributed by atoms with van der Waals surface area (Å²) in [5.74, 6) is 0.528. The van der Waals surface area contributed by atoms with Crippen molar-refractivity contribution in [3.8, 4) is 17.4 Å². The smallest absolute Gasteiger partial charge is 0.254 e. The molecule has 1 heterocycles. The Labute approximate surface area is 196 Å². The summed E-state index contributed by atoms with van der Waals surface area (Å²) in [4.78, 5) is 15.6. The number of aliphatic hydroxyl groups excluding tert-OH is 2. The van der Waals surface area contributed by atoms with Gasteiger partial charge in [0.15, 0.2) is 0 Å². The number of nitrogens with one attached hydrogen (secondary N) is 1. The van der Waals surface area contributed by atoms with E-state index in [1.54, 1.807) is 48.5 Å². The summed E-state index contributed by atoms with van der Waals surface area (Å²) in [6.07, 6.45) is 1.27. The number of halogens is 1. The average Bonchev–Trinajstić information content (AvgIpc) is 2.82. The molecule has 174 valence electrons. The zero-order valence-corrected chi connectivity index (χ0v) is 18.6. The first-order chi connectivity index (χ1) is 16.0. The second-order valence-corrected chi connectivity index (χ2v) is 7.76. The number of nitrogens with zero attached hydrogens (tertiary/aromatic N) is 1. The molecule has 3 aromatic rings. The molecule has 0 aliphatic heterocycles. The Kier molecular flexibility index (Phi) is 9.03. The van der Waals surface area contributed by atoms with Gasteiger partial charge in [0.25, 0.3) is 5.91 Å². The molecule has 0 bridgehead atoms. The molecule has 9 heteroatoms. The number of carbonyl (C=O) groups excluding carboxylic acids is 1. The Hall–Kier alpha value is -3.17. The molecule has 0 saturated carbocycles. The second kappa shape index (κ2) is 12.2. The maximum Gasteiger partial charge on any atom is 0.254 e. The number of ether oxygens (including phenoxy) is 2. The third-order valence-electron chi connectivity index (χ3n) is 4.79. The predicted octanol–water partition coefficient (Wildman–Crippen LogP) is 2.56. The maximum absolute atomic E-state index is 11.5. The first-order valence-electron chi connectivity index (χ1n) is 10.4. The van der Waals surface area contributed by atoms with Crippen molar-refractivity contribution in [1.29, 1.82) is 0 Å². The predicted molar refractivity (Wildman–Crippen MR) is 125 cm³/mol. The van der Waals surface area contributed by atoms with E-state index in [-0.39, 0.29) is 37.2 Å². The number of rotatable bonds is 12. The van der Waals surface area contributed by atoms with Crippen LogP contribution in [-0.2, 0) is 6.42 Å². The highest BCUT2D eigenvalue weighted by Crippen LogP contribution is 2.24. The van der Waals surface area contributed by atoms with Gasteiger partial charge in [-0.1, -0.05) is 35.9 Å². The highest BCUT2D eigenvalue weighted by atomic mass is 35.5. The van der Waals surface area contributed by atoms with Gasteiger partial charge in [-0.05, 0) is 48.4 Å². The molecule has 0 fully saturated rings. The van der Waals surface area contributed by atoms with Gasteiger partial charge < -0.3 is 30.7 Å². The normalized spacial score (nSPS) is 12.7. The van der Waals surface area contributed by atoms with Gasteiger partial charge in [0.2, 0.25) is 5.88 Å². The van der Waals surface area contributed by atoms with Crippen molar-refractivity contribution in [3.05, 3.63) is 83.0 Å². The van der Waals surface area contributed by atoms with E-state index in [1.165, 1.54) is 6.20 Å². The monoisotopic (exact) mass is 471 g/mol. The molecule has 1 aromatic heterocycles. The number of amides is 1. The molecule has 33 heavy (non-hydrogen) atoms. The summed E-state index contributed by atoms with van der Waals surface area (Å²) in [7, 11) is 0. The van der Waals surface area contributed by atoms with Crippen LogP contribution in [0.15, 0.2) is 66.9 Å². The number of primary amides is 1. The van der Waals surface area contributed by atoms with Crippen LogP contribution in [0.3, 0.4) is 0 Å². The number of aromatic nitrogens is 1. The molecule has 0 saturated heterocycles. The minimum Gasteiger partial charge on any atom is -0.489 e. The van der Waals surface area contributed by atoms with Crippen LogP contribution in [-0.4, -0.2) is 53.0 Å². The molecule has 8 nitrogen and oxygen atoms in total. The number of nitrogens with two attached hydrogens (primary N) is 1. The van der Waals surface area contributed by atoms with E-state index in [1.807, 2.05) is 12.1 Å². The Morgan fingerprint density at radius 3 is 2.58 bits per heavy atom. The summed E-state index contributed by atoms with van der Waals surface area (Å²) in [5, 5.41) is 23.5. The second-order valence-electron chi connectivity index (χ2n) is 7.35. The van der Waals surface area contributed by atoms with Gasteiger partial charge in [0, 0.05) is 18.8 Å². The third-order valence-corrected chi connectivity index (χ3v) is 5.10. The summed E-state index contributed by atoms with van der Waals surface area (Å²) in [6, 6.07) is 17.1. The Morgan fingerprint density at radius 2 is 1.88 bits per heavy atom. The largest absolute Gasteiger partial charge is 0.489 e. The van der Waals surface area contributed by atoms with Gasteiger partial charge in [-0.3, -0.25) is 4.79 Å². The van der Waals surface area contributed by atoms with Gasteiger partial charge >= 0.3 is 0 Å². The third kappa shape index (κ3) is 7.44. The van der Waals surface area contributed by atoms with Crippen LogP contribution < -0.4 is 20.5 Å². The van der Waals surface area contributed by atoms with Crippen LogP contribution in [0.2, 0.25) is 5.02 Å². The number of pyridine rings is 1. The SMILES string of the molecule is NC(=O)c1cccnc1Oc1ccc(C[C@@H](CO)NC[C@H](O)COc2ccccc2Cl)cc1. The topological polar surface area (TPSA) is 127 Å². The molecule has 0 aliphatic rings. The molecule has 0 aliphatic carbocycles. The summed E-state index contributed by atoms with van der Waals surface area (Å²) in [5.41, 5.74) is 6.49. The fourth-order valence-electron chi connectivity index (χ4n) is 3.06. The van der Waals surface area contributed by atoms with Crippen molar-refractivity contribution in [2.75, 3.05) is 19.8 Å². The molecule has 0 radical (unpaired) electrons. The van der Waals surface area contributed by atoms with Gasteiger partial charge in [0.05, 0.1) is 11.6 Å². The summed E-state index contributed by atoms with van der Waals surface area (Å²) >= 11 is 6.04. The standard InChI is InChI=1S/C24H26ClN3O5/c25-21-5-1-2-6-22(21)32-15-18(30)13-28-17(14-29)12-16-7-9-19(10-8-16)33-24-20(23(26)31)4-3-11-27-24/h1-11,17-18,28-30H,12-15H2,(H2,26,31)/t17-,18-/m0/s1. The first-order valence-corrected chi connectivity index (χ1v) is 10.7. The van der Waals surface area contributed by atoms with Gasteiger partial charge in [-0.25, -0.2) is 4.98 Å². The Morgan fingerprint density at radius 1 is 1.12 bits per heavy atom. The Balaban J connectivity index is 1.49. The highest BCUT2D eigenvalue weighted by Gasteiger charge is 2.14. The van der Waals surface area contributed by atoms with E-state index in [0.29, 0.717) is 22.9 Å². The number of carbonyl (C=O) groups is 1. The lowest BCUT2D eigenvalue weighted by molar-refractivity contribution is 0.0995. The van der Waals surface area contributed by atoms with Crippen LogP contribution in [0, 0.1) is 0 Å². The average molecular weight is 472 g/mol. The van der Waals surface area contributed by atoms with Crippen molar-refractivity contribution < 1.29 is 24.5 Å². The molecular formula is C24H26ClN3O5. The first kappa shape index (κ1) is 24.5. The van der Waals surface area contributed by atoms with Gasteiger partial charge in [-0.15, -0.1) is 0 Å². The lowest BCUT2D eigenvalue weighted by Crippen LogP contribution is -2.41. The van der Waals surface area contributed by atoms with E-state index < -0.39 is 12.0 Å². The molecule has 0 spiro atoms. The molecule has 0 unspecified atom stereocenters. The molecule has 5 N–H and O–H groups in total. The van der Waals surface area contributed by atoms with Gasteiger partial charge in [0.1, 0.15) is 29.8 Å². The number of benzene rings is 2. The molecular weight excluding hydrogens is 446 g/mol. The van der Waals surface area contributed by atoms with Crippen molar-refractivity contribution in [1.82, 2.24) is 10.3 Å². The number of para-hydroxylation sites is 1. The van der Waals surface area contributed by atoms with Crippen LogP contribution in [0.25, 0.3) is 0 Å². The number of hydrogen-bond donors (Lipinski definition) is 4. The van der Waals surface area contributed by atoms with E-state index in [4.69, 9.17) is 26.8 Å². The van der Waals surface area contributed by atoms with Crippen LogP contribution in [0.4, 0.5) is 0 Å². The van der Waals surface area contributed by atoms with Crippen LogP contribution in [0.1, 0.15) is 15.9 Å². The lowest BCUT2D eigenvalue weighted by Gasteiger charge is -2.19. The molecule has 1 amide bonds.